The van der Waals surface area contributed by atoms with Gasteiger partial charge in [0.15, 0.2) is 11.5 Å². The lowest BCUT2D eigenvalue weighted by atomic mass is 10.1. The summed E-state index contributed by atoms with van der Waals surface area (Å²) < 4.78 is 5.75. The summed E-state index contributed by atoms with van der Waals surface area (Å²) in [5, 5.41) is 4.21. The van der Waals surface area contributed by atoms with Crippen LogP contribution in [0.25, 0.3) is 22.0 Å². The lowest BCUT2D eigenvalue weighted by Gasteiger charge is -2.05. The van der Waals surface area contributed by atoms with Crippen molar-refractivity contribution in [2.24, 2.45) is 0 Å². The Kier molecular flexibility index (Phi) is 4.44. The molecule has 2 N–H and O–H groups in total. The lowest BCUT2D eigenvalue weighted by Crippen LogP contribution is -2.25. The Morgan fingerprint density at radius 2 is 2.07 bits per heavy atom. The van der Waals surface area contributed by atoms with Gasteiger partial charge in [-0.25, -0.2) is 4.98 Å². The van der Waals surface area contributed by atoms with Gasteiger partial charge in [-0.2, -0.15) is 0 Å². The molecule has 0 spiro atoms. The van der Waals surface area contributed by atoms with E-state index < -0.39 is 0 Å². The molecule has 0 atom stereocenters. The molecular weight excluding hydrogens is 338 g/mol. The Hall–Kier alpha value is -3.08. The van der Waals surface area contributed by atoms with Gasteiger partial charge in [-0.05, 0) is 49.2 Å². The van der Waals surface area contributed by atoms with Gasteiger partial charge in [0.25, 0.3) is 5.91 Å². The summed E-state index contributed by atoms with van der Waals surface area (Å²) in [5.41, 5.74) is 5.58. The van der Waals surface area contributed by atoms with Crippen molar-refractivity contribution in [1.29, 1.82) is 0 Å². The summed E-state index contributed by atoms with van der Waals surface area (Å²) in [6.07, 6.45) is 2.79. The first-order chi connectivity index (χ1) is 13.0. The van der Waals surface area contributed by atoms with Crippen molar-refractivity contribution in [1.82, 2.24) is 15.3 Å². The van der Waals surface area contributed by atoms with Crippen LogP contribution < -0.4 is 5.32 Å². The van der Waals surface area contributed by atoms with E-state index in [9.17, 15) is 4.79 Å². The standard InChI is InChI=1S/C22H23N3O2/c1-13(2)22-25-19-7-5-15(11-20(19)27-22)21(26)23-9-8-16-12-24-18-6-4-14(3)10-17(16)18/h4-7,10-13,24H,8-9H2,1-3H3,(H,23,26). The molecule has 2 aromatic heterocycles. The number of rotatable bonds is 5. The maximum absolute atomic E-state index is 12.5. The highest BCUT2D eigenvalue weighted by Gasteiger charge is 2.13. The maximum atomic E-state index is 12.5. The number of carbonyl (C=O) groups excluding carboxylic acids is 1. The van der Waals surface area contributed by atoms with Gasteiger partial charge in [0.1, 0.15) is 5.52 Å². The lowest BCUT2D eigenvalue weighted by molar-refractivity contribution is 0.0954. The fourth-order valence-electron chi connectivity index (χ4n) is 3.24. The molecule has 0 aliphatic heterocycles. The molecule has 2 heterocycles. The summed E-state index contributed by atoms with van der Waals surface area (Å²) in [6, 6.07) is 11.7. The van der Waals surface area contributed by atoms with Crippen LogP contribution in [0.2, 0.25) is 0 Å². The van der Waals surface area contributed by atoms with Crippen molar-refractivity contribution < 1.29 is 9.21 Å². The normalized spacial score (nSPS) is 11.6. The molecule has 1 amide bonds. The summed E-state index contributed by atoms with van der Waals surface area (Å²) in [4.78, 5) is 20.2. The van der Waals surface area contributed by atoms with E-state index in [0.29, 0.717) is 23.6 Å². The Morgan fingerprint density at radius 1 is 1.22 bits per heavy atom. The van der Waals surface area contributed by atoms with Crippen molar-refractivity contribution >= 4 is 27.9 Å². The van der Waals surface area contributed by atoms with E-state index in [1.807, 2.05) is 26.1 Å². The zero-order valence-corrected chi connectivity index (χ0v) is 15.8. The maximum Gasteiger partial charge on any atom is 0.251 e. The number of aryl methyl sites for hydroxylation is 1. The SMILES string of the molecule is Cc1ccc2[nH]cc(CCNC(=O)c3ccc4nc(C(C)C)oc4c3)c2c1. The highest BCUT2D eigenvalue weighted by molar-refractivity contribution is 5.97. The number of carbonyl (C=O) groups is 1. The number of fused-ring (bicyclic) bond motifs is 2. The Balaban J connectivity index is 1.44. The highest BCUT2D eigenvalue weighted by Crippen LogP contribution is 2.22. The predicted octanol–water partition coefficient (Wildman–Crippen LogP) is 4.71. The van der Waals surface area contributed by atoms with Crippen LogP contribution in [0.5, 0.6) is 0 Å². The van der Waals surface area contributed by atoms with E-state index in [4.69, 9.17) is 4.42 Å². The first kappa shape index (κ1) is 17.3. The zero-order valence-electron chi connectivity index (χ0n) is 15.8. The van der Waals surface area contributed by atoms with Gasteiger partial charge in [0.05, 0.1) is 0 Å². The molecule has 4 rings (SSSR count). The minimum absolute atomic E-state index is 0.101. The number of oxazole rings is 1. The average molecular weight is 361 g/mol. The predicted molar refractivity (Wildman–Crippen MR) is 107 cm³/mol. The summed E-state index contributed by atoms with van der Waals surface area (Å²) >= 11 is 0. The van der Waals surface area contributed by atoms with E-state index in [1.165, 1.54) is 16.5 Å². The number of aromatic nitrogens is 2. The van der Waals surface area contributed by atoms with Crippen molar-refractivity contribution in [3.63, 3.8) is 0 Å². The molecule has 0 aliphatic rings. The van der Waals surface area contributed by atoms with Crippen LogP contribution in [0, 0.1) is 6.92 Å². The molecule has 0 saturated heterocycles. The third-order valence-electron chi connectivity index (χ3n) is 4.76. The zero-order chi connectivity index (χ0) is 19.0. The van der Waals surface area contributed by atoms with Crippen LogP contribution in [-0.4, -0.2) is 22.4 Å². The van der Waals surface area contributed by atoms with Gasteiger partial charge in [-0.15, -0.1) is 0 Å². The van der Waals surface area contributed by atoms with Crippen LogP contribution in [-0.2, 0) is 6.42 Å². The van der Waals surface area contributed by atoms with E-state index in [1.54, 1.807) is 12.1 Å². The van der Waals surface area contributed by atoms with E-state index in [-0.39, 0.29) is 11.8 Å². The van der Waals surface area contributed by atoms with Crippen LogP contribution in [0.3, 0.4) is 0 Å². The number of nitrogens with one attached hydrogen (secondary N) is 2. The number of nitrogens with zero attached hydrogens (tertiary/aromatic N) is 1. The van der Waals surface area contributed by atoms with Crippen LogP contribution in [0.15, 0.2) is 47.0 Å². The van der Waals surface area contributed by atoms with Gasteiger partial charge < -0.3 is 14.7 Å². The Morgan fingerprint density at radius 3 is 2.89 bits per heavy atom. The largest absolute Gasteiger partial charge is 0.440 e. The number of benzene rings is 2. The fraction of sp³-hybridized carbons (Fsp3) is 0.273. The molecule has 0 unspecified atom stereocenters. The quantitative estimate of drug-likeness (QED) is 0.541. The molecule has 27 heavy (non-hydrogen) atoms. The molecule has 5 nitrogen and oxygen atoms in total. The third-order valence-corrected chi connectivity index (χ3v) is 4.76. The number of aromatic amines is 1. The van der Waals surface area contributed by atoms with Crippen molar-refractivity contribution in [2.45, 2.75) is 33.1 Å². The van der Waals surface area contributed by atoms with Gasteiger partial charge in [-0.3, -0.25) is 4.79 Å². The molecule has 0 fully saturated rings. The topological polar surface area (TPSA) is 70.9 Å². The second kappa shape index (κ2) is 6.91. The van der Waals surface area contributed by atoms with Gasteiger partial charge in [0, 0.05) is 35.1 Å². The molecule has 138 valence electrons. The van der Waals surface area contributed by atoms with Crippen molar-refractivity contribution in [3.05, 3.63) is 65.2 Å². The smallest absolute Gasteiger partial charge is 0.251 e. The molecule has 4 aromatic rings. The highest BCUT2D eigenvalue weighted by atomic mass is 16.3. The summed E-state index contributed by atoms with van der Waals surface area (Å²) in [7, 11) is 0. The average Bonchev–Trinajstić information content (AvgIpc) is 3.25. The molecule has 0 bridgehead atoms. The van der Waals surface area contributed by atoms with E-state index >= 15 is 0 Å². The van der Waals surface area contributed by atoms with Crippen LogP contribution in [0.1, 0.15) is 47.1 Å². The molecule has 2 aromatic carbocycles. The van der Waals surface area contributed by atoms with Gasteiger partial charge >= 0.3 is 0 Å². The summed E-state index contributed by atoms with van der Waals surface area (Å²) in [5.74, 6) is 0.807. The molecule has 0 saturated carbocycles. The van der Waals surface area contributed by atoms with E-state index in [0.717, 1.165) is 17.5 Å². The van der Waals surface area contributed by atoms with Gasteiger partial charge in [-0.1, -0.05) is 25.5 Å². The third kappa shape index (κ3) is 3.45. The van der Waals surface area contributed by atoms with Crippen molar-refractivity contribution in [2.75, 3.05) is 6.54 Å². The molecule has 0 aliphatic carbocycles. The van der Waals surface area contributed by atoms with Crippen molar-refractivity contribution in [3.8, 4) is 0 Å². The minimum atomic E-state index is -0.101. The number of hydrogen-bond donors (Lipinski definition) is 2. The number of hydrogen-bond acceptors (Lipinski definition) is 3. The number of amides is 1. The monoisotopic (exact) mass is 361 g/mol. The Bertz CT molecular complexity index is 1120. The first-order valence-corrected chi connectivity index (χ1v) is 9.26. The first-order valence-electron chi connectivity index (χ1n) is 9.26. The second-order valence-electron chi connectivity index (χ2n) is 7.26. The summed E-state index contributed by atoms with van der Waals surface area (Å²) in [6.45, 7) is 6.73. The number of H-pyrrole nitrogens is 1. The second-order valence-corrected chi connectivity index (χ2v) is 7.26. The fourth-order valence-corrected chi connectivity index (χ4v) is 3.24. The Labute approximate surface area is 157 Å². The molecular formula is C22H23N3O2. The molecule has 0 radical (unpaired) electrons. The van der Waals surface area contributed by atoms with E-state index in [2.05, 4.69) is 40.4 Å². The minimum Gasteiger partial charge on any atom is -0.440 e. The van der Waals surface area contributed by atoms with Gasteiger partial charge in [0.2, 0.25) is 0 Å². The van der Waals surface area contributed by atoms with Crippen LogP contribution in [0.4, 0.5) is 0 Å². The molecule has 5 heteroatoms. The van der Waals surface area contributed by atoms with Crippen LogP contribution >= 0.6 is 0 Å².